The Bertz CT molecular complexity index is 550. The highest BCUT2D eigenvalue weighted by Gasteiger charge is 2.16. The fraction of sp³-hybridized carbons (Fsp3) is 0.308. The first-order valence-corrected chi connectivity index (χ1v) is 5.78. The number of amides is 1. The molecule has 0 aliphatic heterocycles. The molecule has 0 bridgehead atoms. The van der Waals surface area contributed by atoms with Crippen LogP contribution in [0.2, 0.25) is 0 Å². The highest BCUT2D eigenvalue weighted by Crippen LogP contribution is 2.17. The lowest BCUT2D eigenvalue weighted by atomic mass is 10.2. The predicted octanol–water partition coefficient (Wildman–Crippen LogP) is 3.42. The lowest BCUT2D eigenvalue weighted by Crippen LogP contribution is -2.27. The molecule has 1 amide bonds. The fourth-order valence-electron chi connectivity index (χ4n) is 1.30. The first kappa shape index (κ1) is 15.6. The van der Waals surface area contributed by atoms with Gasteiger partial charge in [-0.2, -0.15) is 0 Å². The van der Waals surface area contributed by atoms with E-state index in [0.717, 1.165) is 12.1 Å². The molecule has 6 nitrogen and oxygen atoms in total. The van der Waals surface area contributed by atoms with Crippen LogP contribution in [0.4, 0.5) is 14.9 Å². The summed E-state index contributed by atoms with van der Waals surface area (Å²) in [6.07, 6.45) is 0.969. The van der Waals surface area contributed by atoms with Crippen LogP contribution < -0.4 is 5.32 Å². The average molecular weight is 282 g/mol. The molecule has 0 fully saturated rings. The number of benzene rings is 1. The van der Waals surface area contributed by atoms with Gasteiger partial charge in [0.2, 0.25) is 6.20 Å². The van der Waals surface area contributed by atoms with Gasteiger partial charge in [-0.15, -0.1) is 0 Å². The lowest BCUT2D eigenvalue weighted by molar-refractivity contribution is -0.400. The van der Waals surface area contributed by atoms with Crippen LogP contribution in [0.15, 0.2) is 24.4 Å². The van der Waals surface area contributed by atoms with Crippen molar-refractivity contribution in [3.63, 3.8) is 0 Å². The zero-order valence-corrected chi connectivity index (χ0v) is 11.3. The van der Waals surface area contributed by atoms with Crippen LogP contribution >= 0.6 is 0 Å². The molecule has 0 radical (unpaired) electrons. The zero-order valence-electron chi connectivity index (χ0n) is 11.3. The number of nitro groups is 1. The van der Waals surface area contributed by atoms with Gasteiger partial charge in [0.25, 0.3) is 0 Å². The van der Waals surface area contributed by atoms with Gasteiger partial charge in [-0.05, 0) is 39.0 Å². The normalized spacial score (nSPS) is 11.4. The van der Waals surface area contributed by atoms with E-state index in [1.807, 2.05) is 0 Å². The fourth-order valence-corrected chi connectivity index (χ4v) is 1.30. The van der Waals surface area contributed by atoms with E-state index < -0.39 is 22.4 Å². The van der Waals surface area contributed by atoms with Gasteiger partial charge in [0.05, 0.1) is 4.92 Å². The monoisotopic (exact) mass is 282 g/mol. The molecule has 7 heteroatoms. The van der Waals surface area contributed by atoms with Gasteiger partial charge in [0.15, 0.2) is 0 Å². The standard InChI is InChI=1S/C13H15FN2O4/c1-13(2,3)20-12(17)15-10-5-4-9(11(14)8-10)6-7-16(18)19/h4-8H,1-3H3,(H,15,17)/b7-6+. The largest absolute Gasteiger partial charge is 0.444 e. The maximum atomic E-state index is 13.6. The molecule has 1 aromatic carbocycles. The van der Waals surface area contributed by atoms with E-state index in [1.165, 1.54) is 12.1 Å². The molecule has 0 unspecified atom stereocenters. The average Bonchev–Trinajstić information content (AvgIpc) is 2.24. The smallest absolute Gasteiger partial charge is 0.412 e. The van der Waals surface area contributed by atoms with E-state index in [0.29, 0.717) is 6.20 Å². The summed E-state index contributed by atoms with van der Waals surface area (Å²) in [6.45, 7) is 5.12. The van der Waals surface area contributed by atoms with E-state index in [-0.39, 0.29) is 11.3 Å². The van der Waals surface area contributed by atoms with Crippen molar-refractivity contribution in [1.29, 1.82) is 0 Å². The SMILES string of the molecule is CC(C)(C)OC(=O)Nc1ccc(/C=C/[N+](=O)[O-])c(F)c1. The van der Waals surface area contributed by atoms with Crippen molar-refractivity contribution in [2.24, 2.45) is 0 Å². The van der Waals surface area contributed by atoms with Gasteiger partial charge in [0, 0.05) is 17.3 Å². The minimum atomic E-state index is -0.703. The Morgan fingerprint density at radius 2 is 2.10 bits per heavy atom. The van der Waals surface area contributed by atoms with Crippen LogP contribution in [-0.2, 0) is 4.74 Å². The van der Waals surface area contributed by atoms with Crippen molar-refractivity contribution >= 4 is 17.9 Å². The number of carbonyl (C=O) groups is 1. The Hall–Kier alpha value is -2.44. The number of rotatable bonds is 3. The second-order valence-electron chi connectivity index (χ2n) is 4.96. The van der Waals surface area contributed by atoms with E-state index in [2.05, 4.69) is 5.32 Å². The molecule has 0 saturated heterocycles. The Morgan fingerprint density at radius 3 is 2.60 bits per heavy atom. The molecule has 108 valence electrons. The Kier molecular flexibility index (Phi) is 4.79. The first-order chi connectivity index (χ1) is 9.17. The van der Waals surface area contributed by atoms with Gasteiger partial charge in [-0.1, -0.05) is 0 Å². The summed E-state index contributed by atoms with van der Waals surface area (Å²) in [5.41, 5.74) is -0.400. The van der Waals surface area contributed by atoms with Crippen molar-refractivity contribution in [3.05, 3.63) is 45.9 Å². The van der Waals surface area contributed by atoms with Crippen molar-refractivity contribution in [3.8, 4) is 0 Å². The van der Waals surface area contributed by atoms with Crippen molar-refractivity contribution in [2.75, 3.05) is 5.32 Å². The molecule has 0 heterocycles. The third-order valence-corrected chi connectivity index (χ3v) is 2.02. The van der Waals surface area contributed by atoms with Gasteiger partial charge in [-0.25, -0.2) is 9.18 Å². The summed E-state index contributed by atoms with van der Waals surface area (Å²) in [5.74, 6) is -0.684. The molecule has 0 saturated carbocycles. The number of halogens is 1. The quantitative estimate of drug-likeness (QED) is 0.680. The van der Waals surface area contributed by atoms with E-state index in [9.17, 15) is 19.3 Å². The number of ether oxygens (including phenoxy) is 1. The summed E-state index contributed by atoms with van der Waals surface area (Å²) >= 11 is 0. The highest BCUT2D eigenvalue weighted by molar-refractivity contribution is 5.85. The minimum Gasteiger partial charge on any atom is -0.444 e. The number of anilines is 1. The summed E-state index contributed by atoms with van der Waals surface area (Å²) in [4.78, 5) is 20.9. The third-order valence-electron chi connectivity index (χ3n) is 2.02. The number of carbonyl (C=O) groups excluding carboxylic acids is 1. The molecule has 0 spiro atoms. The van der Waals surface area contributed by atoms with Crippen LogP contribution in [0.1, 0.15) is 26.3 Å². The first-order valence-electron chi connectivity index (χ1n) is 5.78. The van der Waals surface area contributed by atoms with Gasteiger partial charge >= 0.3 is 6.09 Å². The van der Waals surface area contributed by atoms with Crippen LogP contribution in [0.5, 0.6) is 0 Å². The molecule has 0 aromatic heterocycles. The second kappa shape index (κ2) is 6.14. The van der Waals surface area contributed by atoms with Crippen molar-refractivity contribution in [2.45, 2.75) is 26.4 Å². The predicted molar refractivity (Wildman–Crippen MR) is 72.3 cm³/mol. The molecular formula is C13H15FN2O4. The Balaban J connectivity index is 2.78. The van der Waals surface area contributed by atoms with Crippen LogP contribution in [0.3, 0.4) is 0 Å². The minimum absolute atomic E-state index is 0.0523. The molecular weight excluding hydrogens is 267 g/mol. The highest BCUT2D eigenvalue weighted by atomic mass is 19.1. The summed E-state index contributed by atoms with van der Waals surface area (Å²) in [7, 11) is 0. The number of nitrogens with one attached hydrogen (secondary N) is 1. The molecule has 1 aromatic rings. The number of nitrogens with zero attached hydrogens (tertiary/aromatic N) is 1. The van der Waals surface area contributed by atoms with Gasteiger partial charge < -0.3 is 4.74 Å². The van der Waals surface area contributed by atoms with Crippen molar-refractivity contribution in [1.82, 2.24) is 0 Å². The summed E-state index contributed by atoms with van der Waals surface area (Å²) in [5, 5.41) is 12.5. The third kappa shape index (κ3) is 5.47. The maximum Gasteiger partial charge on any atom is 0.412 e. The van der Waals surface area contributed by atoms with Gasteiger partial charge in [-0.3, -0.25) is 15.4 Å². The Labute approximate surface area is 115 Å². The molecule has 1 N–H and O–H groups in total. The molecule has 0 atom stereocenters. The van der Waals surface area contributed by atoms with Gasteiger partial charge in [0.1, 0.15) is 11.4 Å². The molecule has 1 rings (SSSR count). The van der Waals surface area contributed by atoms with E-state index in [1.54, 1.807) is 20.8 Å². The zero-order chi connectivity index (χ0) is 15.3. The van der Waals surface area contributed by atoms with E-state index in [4.69, 9.17) is 4.74 Å². The maximum absolute atomic E-state index is 13.6. The van der Waals surface area contributed by atoms with Crippen LogP contribution in [0, 0.1) is 15.9 Å². The number of hydrogen-bond donors (Lipinski definition) is 1. The molecule has 0 aliphatic carbocycles. The van der Waals surface area contributed by atoms with Crippen molar-refractivity contribution < 1.29 is 18.8 Å². The second-order valence-corrected chi connectivity index (χ2v) is 4.96. The number of hydrogen-bond acceptors (Lipinski definition) is 4. The summed E-state index contributed by atoms with van der Waals surface area (Å²) in [6, 6.07) is 3.80. The summed E-state index contributed by atoms with van der Waals surface area (Å²) < 4.78 is 18.6. The van der Waals surface area contributed by atoms with Crippen LogP contribution in [-0.4, -0.2) is 16.6 Å². The molecule has 0 aliphatic rings. The topological polar surface area (TPSA) is 81.5 Å². The Morgan fingerprint density at radius 1 is 1.45 bits per heavy atom. The van der Waals surface area contributed by atoms with E-state index >= 15 is 0 Å². The van der Waals surface area contributed by atoms with Crippen LogP contribution in [0.25, 0.3) is 6.08 Å². The lowest BCUT2D eigenvalue weighted by Gasteiger charge is -2.19. The molecule has 20 heavy (non-hydrogen) atoms.